The standard InChI is InChI=1S/C16H20N4O/c1-11-2-3-12-10-13(4-5-14(12)19-11)15(16(17)21)20-8-6-18-7-9-20/h2-5,10,15,18H,6-9H2,1H3,(H2,17,21). The Bertz CT molecular complexity index is 664. The monoisotopic (exact) mass is 284 g/mol. The Labute approximate surface area is 124 Å². The summed E-state index contributed by atoms with van der Waals surface area (Å²) in [7, 11) is 0. The lowest BCUT2D eigenvalue weighted by atomic mass is 10.0. The summed E-state index contributed by atoms with van der Waals surface area (Å²) in [6, 6.07) is 9.62. The number of nitrogens with zero attached hydrogens (tertiary/aromatic N) is 2. The van der Waals surface area contributed by atoms with Crippen LogP contribution in [0.5, 0.6) is 0 Å². The number of carbonyl (C=O) groups is 1. The summed E-state index contributed by atoms with van der Waals surface area (Å²) >= 11 is 0. The average Bonchev–Trinajstić information content (AvgIpc) is 2.48. The third-order valence-corrected chi connectivity index (χ3v) is 3.95. The smallest absolute Gasteiger partial charge is 0.239 e. The van der Waals surface area contributed by atoms with Gasteiger partial charge in [-0.05, 0) is 30.7 Å². The fraction of sp³-hybridized carbons (Fsp3) is 0.375. The highest BCUT2D eigenvalue weighted by Crippen LogP contribution is 2.24. The summed E-state index contributed by atoms with van der Waals surface area (Å²) in [5.41, 5.74) is 8.53. The number of hydrogen-bond donors (Lipinski definition) is 2. The van der Waals surface area contributed by atoms with Crippen molar-refractivity contribution in [1.82, 2.24) is 15.2 Å². The molecule has 0 spiro atoms. The van der Waals surface area contributed by atoms with Crippen LogP contribution in [0, 0.1) is 6.92 Å². The molecule has 1 fully saturated rings. The first-order valence-corrected chi connectivity index (χ1v) is 7.26. The van der Waals surface area contributed by atoms with E-state index >= 15 is 0 Å². The number of rotatable bonds is 3. The summed E-state index contributed by atoms with van der Waals surface area (Å²) in [4.78, 5) is 18.6. The molecule has 2 aromatic rings. The van der Waals surface area contributed by atoms with Crippen molar-refractivity contribution in [1.29, 1.82) is 0 Å². The van der Waals surface area contributed by atoms with Crippen molar-refractivity contribution in [3.05, 3.63) is 41.6 Å². The maximum absolute atomic E-state index is 11.9. The van der Waals surface area contributed by atoms with E-state index in [1.165, 1.54) is 0 Å². The molecule has 3 rings (SSSR count). The molecule has 1 unspecified atom stereocenters. The Hall–Kier alpha value is -1.98. The number of nitrogens with one attached hydrogen (secondary N) is 1. The summed E-state index contributed by atoms with van der Waals surface area (Å²) in [5.74, 6) is -0.295. The summed E-state index contributed by atoms with van der Waals surface area (Å²) in [6.07, 6.45) is 0. The number of hydrogen-bond acceptors (Lipinski definition) is 4. The highest BCUT2D eigenvalue weighted by Gasteiger charge is 2.26. The van der Waals surface area contributed by atoms with Crippen LogP contribution in [0.25, 0.3) is 10.9 Å². The van der Waals surface area contributed by atoms with Gasteiger partial charge in [0.15, 0.2) is 0 Å². The molecule has 0 bridgehead atoms. The van der Waals surface area contributed by atoms with Gasteiger partial charge in [-0.2, -0.15) is 0 Å². The molecule has 1 aliphatic heterocycles. The van der Waals surface area contributed by atoms with Crippen LogP contribution < -0.4 is 11.1 Å². The molecular formula is C16H20N4O. The third-order valence-electron chi connectivity index (χ3n) is 3.95. The zero-order valence-electron chi connectivity index (χ0n) is 12.2. The number of carbonyl (C=O) groups excluding carboxylic acids is 1. The molecule has 2 heterocycles. The lowest BCUT2D eigenvalue weighted by Crippen LogP contribution is -2.48. The van der Waals surface area contributed by atoms with Crippen molar-refractivity contribution in [2.24, 2.45) is 5.73 Å². The van der Waals surface area contributed by atoms with Gasteiger partial charge in [0, 0.05) is 37.3 Å². The number of primary amides is 1. The number of pyridine rings is 1. The minimum atomic E-state index is -0.363. The van der Waals surface area contributed by atoms with E-state index in [2.05, 4.69) is 15.2 Å². The molecule has 1 saturated heterocycles. The van der Waals surface area contributed by atoms with Crippen molar-refractivity contribution >= 4 is 16.8 Å². The number of fused-ring (bicyclic) bond motifs is 1. The van der Waals surface area contributed by atoms with Gasteiger partial charge in [-0.15, -0.1) is 0 Å². The van der Waals surface area contributed by atoms with Gasteiger partial charge in [0.2, 0.25) is 5.91 Å². The van der Waals surface area contributed by atoms with Crippen LogP contribution in [0.4, 0.5) is 0 Å². The van der Waals surface area contributed by atoms with E-state index in [-0.39, 0.29) is 11.9 Å². The van der Waals surface area contributed by atoms with Crippen molar-refractivity contribution in [2.75, 3.05) is 26.2 Å². The number of aromatic nitrogens is 1. The van der Waals surface area contributed by atoms with Crippen LogP contribution in [0.2, 0.25) is 0 Å². The predicted octanol–water partition coefficient (Wildman–Crippen LogP) is 0.975. The molecule has 1 atom stereocenters. The van der Waals surface area contributed by atoms with E-state index in [1.807, 2.05) is 37.3 Å². The second-order valence-electron chi connectivity index (χ2n) is 5.50. The maximum atomic E-state index is 11.9. The van der Waals surface area contributed by atoms with Crippen molar-refractivity contribution < 1.29 is 4.79 Å². The molecule has 1 amide bonds. The van der Waals surface area contributed by atoms with Gasteiger partial charge in [-0.3, -0.25) is 14.7 Å². The average molecular weight is 284 g/mol. The first-order chi connectivity index (χ1) is 10.1. The van der Waals surface area contributed by atoms with Gasteiger partial charge < -0.3 is 11.1 Å². The van der Waals surface area contributed by atoms with E-state index < -0.39 is 0 Å². The molecule has 0 aliphatic carbocycles. The Morgan fingerprint density at radius 3 is 2.76 bits per heavy atom. The van der Waals surface area contributed by atoms with Crippen LogP contribution in [-0.4, -0.2) is 42.0 Å². The SMILES string of the molecule is Cc1ccc2cc(C(C(N)=O)N3CCNCC3)ccc2n1. The van der Waals surface area contributed by atoms with E-state index in [9.17, 15) is 4.79 Å². The molecule has 1 aromatic heterocycles. The first kappa shape index (κ1) is 14.0. The van der Waals surface area contributed by atoms with Gasteiger partial charge in [0.05, 0.1) is 5.52 Å². The van der Waals surface area contributed by atoms with Crippen LogP contribution >= 0.6 is 0 Å². The quantitative estimate of drug-likeness (QED) is 0.881. The van der Waals surface area contributed by atoms with Crippen molar-refractivity contribution in [3.8, 4) is 0 Å². The number of amides is 1. The van der Waals surface area contributed by atoms with Crippen LogP contribution in [0.3, 0.4) is 0 Å². The van der Waals surface area contributed by atoms with Crippen LogP contribution in [0.15, 0.2) is 30.3 Å². The topological polar surface area (TPSA) is 71.2 Å². The predicted molar refractivity (Wildman–Crippen MR) is 82.9 cm³/mol. The van der Waals surface area contributed by atoms with E-state index in [1.54, 1.807) is 0 Å². The van der Waals surface area contributed by atoms with Gasteiger partial charge >= 0.3 is 0 Å². The van der Waals surface area contributed by atoms with Crippen LogP contribution in [0.1, 0.15) is 17.3 Å². The Morgan fingerprint density at radius 2 is 2.05 bits per heavy atom. The minimum Gasteiger partial charge on any atom is -0.368 e. The molecular weight excluding hydrogens is 264 g/mol. The largest absolute Gasteiger partial charge is 0.368 e. The number of nitrogens with two attached hydrogens (primary N) is 1. The molecule has 5 heteroatoms. The molecule has 1 aromatic carbocycles. The van der Waals surface area contributed by atoms with E-state index in [0.29, 0.717) is 0 Å². The molecule has 3 N–H and O–H groups in total. The fourth-order valence-corrected chi connectivity index (χ4v) is 2.91. The van der Waals surface area contributed by atoms with Crippen molar-refractivity contribution in [2.45, 2.75) is 13.0 Å². The van der Waals surface area contributed by atoms with Crippen LogP contribution in [-0.2, 0) is 4.79 Å². The van der Waals surface area contributed by atoms with Gasteiger partial charge in [0.1, 0.15) is 6.04 Å². The molecule has 0 saturated carbocycles. The van der Waals surface area contributed by atoms with Gasteiger partial charge in [-0.1, -0.05) is 12.1 Å². The second kappa shape index (κ2) is 5.79. The zero-order valence-corrected chi connectivity index (χ0v) is 12.2. The van der Waals surface area contributed by atoms with E-state index in [0.717, 1.165) is 48.3 Å². The van der Waals surface area contributed by atoms with Crippen molar-refractivity contribution in [3.63, 3.8) is 0 Å². The lowest BCUT2D eigenvalue weighted by molar-refractivity contribution is -0.123. The highest BCUT2D eigenvalue weighted by molar-refractivity contribution is 5.85. The number of aryl methyl sites for hydroxylation is 1. The zero-order chi connectivity index (χ0) is 14.8. The summed E-state index contributed by atoms with van der Waals surface area (Å²) in [5, 5.41) is 4.33. The first-order valence-electron chi connectivity index (χ1n) is 7.26. The summed E-state index contributed by atoms with van der Waals surface area (Å²) < 4.78 is 0. The van der Waals surface area contributed by atoms with Gasteiger partial charge in [-0.25, -0.2) is 0 Å². The maximum Gasteiger partial charge on any atom is 0.239 e. The highest BCUT2D eigenvalue weighted by atomic mass is 16.1. The number of benzene rings is 1. The lowest BCUT2D eigenvalue weighted by Gasteiger charge is -2.33. The minimum absolute atomic E-state index is 0.295. The molecule has 110 valence electrons. The molecule has 5 nitrogen and oxygen atoms in total. The normalized spacial score (nSPS) is 17.8. The molecule has 1 aliphatic rings. The summed E-state index contributed by atoms with van der Waals surface area (Å²) in [6.45, 7) is 5.41. The second-order valence-corrected chi connectivity index (χ2v) is 5.50. The fourth-order valence-electron chi connectivity index (χ4n) is 2.91. The Morgan fingerprint density at radius 1 is 1.29 bits per heavy atom. The Kier molecular flexibility index (Phi) is 3.86. The van der Waals surface area contributed by atoms with Gasteiger partial charge in [0.25, 0.3) is 0 Å². The Balaban J connectivity index is 1.98. The number of piperazine rings is 1. The third kappa shape index (κ3) is 2.89. The molecule has 0 radical (unpaired) electrons. The molecule has 21 heavy (non-hydrogen) atoms. The van der Waals surface area contributed by atoms with E-state index in [4.69, 9.17) is 5.73 Å².